The molecule has 2 rings (SSSR count). The maximum absolute atomic E-state index is 12.4. The third-order valence-corrected chi connectivity index (χ3v) is 5.43. The fraction of sp³-hybridized carbons (Fsp3) is 0.714. The summed E-state index contributed by atoms with van der Waals surface area (Å²) in [6, 6.07) is 1.81. The summed E-state index contributed by atoms with van der Waals surface area (Å²) in [7, 11) is -1.72. The van der Waals surface area contributed by atoms with Gasteiger partial charge in [-0.2, -0.15) is 0 Å². The summed E-state index contributed by atoms with van der Waals surface area (Å²) in [5.74, 6) is 1.06. The van der Waals surface area contributed by atoms with Crippen molar-refractivity contribution in [1.29, 1.82) is 0 Å². The SMILES string of the molecule is CNCc1cc(S(=O)(=O)NCC(C)N2CCCC2)c(C)o1. The fourth-order valence-corrected chi connectivity index (χ4v) is 3.99. The van der Waals surface area contributed by atoms with E-state index in [1.165, 1.54) is 12.8 Å². The molecule has 0 saturated carbocycles. The predicted octanol–water partition coefficient (Wildman–Crippen LogP) is 1.07. The van der Waals surface area contributed by atoms with E-state index in [4.69, 9.17) is 4.42 Å². The van der Waals surface area contributed by atoms with Gasteiger partial charge in [-0.25, -0.2) is 13.1 Å². The van der Waals surface area contributed by atoms with Crippen LogP contribution < -0.4 is 10.0 Å². The molecule has 1 aromatic rings. The lowest BCUT2D eigenvalue weighted by Gasteiger charge is -2.23. The molecule has 1 saturated heterocycles. The van der Waals surface area contributed by atoms with Crippen molar-refractivity contribution in [2.45, 2.75) is 44.2 Å². The second kappa shape index (κ2) is 6.91. The van der Waals surface area contributed by atoms with Crippen LogP contribution in [0.5, 0.6) is 0 Å². The Morgan fingerprint density at radius 1 is 1.38 bits per heavy atom. The molecule has 1 unspecified atom stereocenters. The maximum atomic E-state index is 12.4. The van der Waals surface area contributed by atoms with Gasteiger partial charge in [0.1, 0.15) is 16.4 Å². The van der Waals surface area contributed by atoms with Crippen LogP contribution in [0.2, 0.25) is 0 Å². The first-order chi connectivity index (χ1) is 9.94. The highest BCUT2D eigenvalue weighted by Crippen LogP contribution is 2.20. The number of likely N-dealkylation sites (tertiary alicyclic amines) is 1. The number of aryl methyl sites for hydroxylation is 1. The van der Waals surface area contributed by atoms with Crippen molar-refractivity contribution in [2.24, 2.45) is 0 Å². The zero-order chi connectivity index (χ0) is 15.5. The zero-order valence-electron chi connectivity index (χ0n) is 13.0. The predicted molar refractivity (Wildman–Crippen MR) is 81.7 cm³/mol. The van der Waals surface area contributed by atoms with Crippen molar-refractivity contribution < 1.29 is 12.8 Å². The minimum atomic E-state index is -3.51. The van der Waals surface area contributed by atoms with Crippen LogP contribution >= 0.6 is 0 Å². The molecule has 1 fully saturated rings. The van der Waals surface area contributed by atoms with E-state index >= 15 is 0 Å². The van der Waals surface area contributed by atoms with Crippen LogP contribution in [0.4, 0.5) is 0 Å². The van der Waals surface area contributed by atoms with E-state index in [1.54, 1.807) is 20.0 Å². The molecule has 0 aliphatic carbocycles. The molecule has 1 aliphatic rings. The van der Waals surface area contributed by atoms with Gasteiger partial charge in [-0.15, -0.1) is 0 Å². The van der Waals surface area contributed by atoms with Crippen LogP contribution in [0.15, 0.2) is 15.4 Å². The molecule has 0 bridgehead atoms. The molecule has 1 aliphatic heterocycles. The molecular weight excluding hydrogens is 290 g/mol. The summed E-state index contributed by atoms with van der Waals surface area (Å²) in [4.78, 5) is 2.55. The van der Waals surface area contributed by atoms with Gasteiger partial charge in [0, 0.05) is 18.7 Å². The zero-order valence-corrected chi connectivity index (χ0v) is 13.8. The topological polar surface area (TPSA) is 74.6 Å². The first kappa shape index (κ1) is 16.5. The first-order valence-electron chi connectivity index (χ1n) is 7.41. The van der Waals surface area contributed by atoms with Gasteiger partial charge in [-0.1, -0.05) is 0 Å². The van der Waals surface area contributed by atoms with Crippen molar-refractivity contribution >= 4 is 10.0 Å². The Kier molecular flexibility index (Phi) is 5.43. The van der Waals surface area contributed by atoms with Gasteiger partial charge >= 0.3 is 0 Å². The summed E-state index contributed by atoms with van der Waals surface area (Å²) in [6.45, 7) is 6.79. The van der Waals surface area contributed by atoms with E-state index < -0.39 is 10.0 Å². The molecule has 1 atom stereocenters. The van der Waals surface area contributed by atoms with E-state index in [-0.39, 0.29) is 10.9 Å². The van der Waals surface area contributed by atoms with Crippen molar-refractivity contribution in [3.8, 4) is 0 Å². The molecule has 21 heavy (non-hydrogen) atoms. The molecule has 0 aromatic carbocycles. The number of rotatable bonds is 7. The van der Waals surface area contributed by atoms with Crippen LogP contribution in [0.25, 0.3) is 0 Å². The lowest BCUT2D eigenvalue weighted by atomic mass is 10.3. The summed E-state index contributed by atoms with van der Waals surface area (Å²) in [5.41, 5.74) is 0. The van der Waals surface area contributed by atoms with Crippen LogP contribution in [-0.2, 0) is 16.6 Å². The molecule has 0 amide bonds. The summed E-state index contributed by atoms with van der Waals surface area (Å²) < 4.78 is 32.9. The lowest BCUT2D eigenvalue weighted by Crippen LogP contribution is -2.40. The molecule has 1 aromatic heterocycles. The van der Waals surface area contributed by atoms with Crippen LogP contribution in [0.3, 0.4) is 0 Å². The lowest BCUT2D eigenvalue weighted by molar-refractivity contribution is 0.260. The van der Waals surface area contributed by atoms with Crippen molar-refractivity contribution in [3.63, 3.8) is 0 Å². The Morgan fingerprint density at radius 2 is 2.05 bits per heavy atom. The molecule has 0 spiro atoms. The molecule has 2 heterocycles. The number of nitrogens with zero attached hydrogens (tertiary/aromatic N) is 1. The van der Waals surface area contributed by atoms with E-state index in [9.17, 15) is 8.42 Å². The van der Waals surface area contributed by atoms with Crippen LogP contribution in [0.1, 0.15) is 31.3 Å². The van der Waals surface area contributed by atoms with Crippen LogP contribution in [-0.4, -0.2) is 46.0 Å². The highest BCUT2D eigenvalue weighted by Gasteiger charge is 2.24. The second-order valence-corrected chi connectivity index (χ2v) is 7.34. The van der Waals surface area contributed by atoms with E-state index in [0.29, 0.717) is 24.6 Å². The average molecular weight is 315 g/mol. The summed E-state index contributed by atoms with van der Waals surface area (Å²) in [5, 5.41) is 2.95. The number of hydrogen-bond acceptors (Lipinski definition) is 5. The second-order valence-electron chi connectivity index (χ2n) is 5.61. The van der Waals surface area contributed by atoms with Gasteiger partial charge < -0.3 is 9.73 Å². The Hall–Kier alpha value is -0.890. The first-order valence-corrected chi connectivity index (χ1v) is 8.90. The van der Waals surface area contributed by atoms with E-state index in [0.717, 1.165) is 13.1 Å². The van der Waals surface area contributed by atoms with E-state index in [2.05, 4.69) is 21.9 Å². The van der Waals surface area contributed by atoms with Crippen molar-refractivity contribution in [2.75, 3.05) is 26.7 Å². The maximum Gasteiger partial charge on any atom is 0.244 e. The van der Waals surface area contributed by atoms with Gasteiger partial charge in [0.25, 0.3) is 0 Å². The molecular formula is C14H25N3O3S. The standard InChI is InChI=1S/C14H25N3O3S/c1-11(17-6-4-5-7-17)9-16-21(18,19)14-8-13(10-15-3)20-12(14)2/h8,11,15-16H,4-7,9-10H2,1-3H3. The molecule has 2 N–H and O–H groups in total. The molecule has 0 radical (unpaired) electrons. The molecule has 6 nitrogen and oxygen atoms in total. The molecule has 120 valence electrons. The van der Waals surface area contributed by atoms with Gasteiger partial charge in [-0.05, 0) is 46.8 Å². The monoisotopic (exact) mass is 315 g/mol. The Bertz CT molecular complexity index is 562. The van der Waals surface area contributed by atoms with E-state index in [1.807, 2.05) is 0 Å². The Balaban J connectivity index is 2.00. The number of nitrogens with one attached hydrogen (secondary N) is 2. The highest BCUT2D eigenvalue weighted by atomic mass is 32.2. The molecule has 7 heteroatoms. The Labute approximate surface area is 126 Å². The van der Waals surface area contributed by atoms with Crippen molar-refractivity contribution in [3.05, 3.63) is 17.6 Å². The average Bonchev–Trinajstić information content (AvgIpc) is 3.06. The van der Waals surface area contributed by atoms with Gasteiger partial charge in [0.15, 0.2) is 0 Å². The smallest absolute Gasteiger partial charge is 0.244 e. The normalized spacial score (nSPS) is 18.2. The third-order valence-electron chi connectivity index (χ3n) is 3.90. The highest BCUT2D eigenvalue weighted by molar-refractivity contribution is 7.89. The van der Waals surface area contributed by atoms with Crippen molar-refractivity contribution in [1.82, 2.24) is 14.9 Å². The minimum absolute atomic E-state index is 0.214. The fourth-order valence-electron chi connectivity index (χ4n) is 2.67. The van der Waals surface area contributed by atoms with Crippen LogP contribution in [0, 0.1) is 6.92 Å². The quantitative estimate of drug-likeness (QED) is 0.787. The largest absolute Gasteiger partial charge is 0.464 e. The third kappa shape index (κ3) is 4.06. The summed E-state index contributed by atoms with van der Waals surface area (Å²) >= 11 is 0. The summed E-state index contributed by atoms with van der Waals surface area (Å²) in [6.07, 6.45) is 2.40. The van der Waals surface area contributed by atoms with Gasteiger partial charge in [0.05, 0.1) is 6.54 Å². The number of furan rings is 1. The Morgan fingerprint density at radius 3 is 2.67 bits per heavy atom. The van der Waals surface area contributed by atoms with Gasteiger partial charge in [-0.3, -0.25) is 4.90 Å². The number of sulfonamides is 1. The van der Waals surface area contributed by atoms with Gasteiger partial charge in [0.2, 0.25) is 10.0 Å². The minimum Gasteiger partial charge on any atom is -0.464 e. The number of hydrogen-bond donors (Lipinski definition) is 2.